The molecule has 2 aromatic carbocycles. The molecule has 0 saturated carbocycles. The molecule has 20 heavy (non-hydrogen) atoms. The van der Waals surface area contributed by atoms with E-state index in [4.69, 9.17) is 0 Å². The van der Waals surface area contributed by atoms with Crippen LogP contribution in [0.15, 0.2) is 42.5 Å². The zero-order valence-corrected chi connectivity index (χ0v) is 11.2. The molecule has 4 heteroatoms. The number of aromatic nitrogens is 2. The Kier molecular flexibility index (Phi) is 2.86. The summed E-state index contributed by atoms with van der Waals surface area (Å²) in [4.78, 5) is 12.5. The van der Waals surface area contributed by atoms with E-state index in [1.165, 1.54) is 12.1 Å². The molecule has 3 aromatic rings. The van der Waals surface area contributed by atoms with E-state index in [-0.39, 0.29) is 11.6 Å². The number of fused-ring (bicyclic) bond motifs is 1. The number of carbonyl (C=O) groups excluding carboxylic acids is 1. The van der Waals surface area contributed by atoms with Gasteiger partial charge in [-0.15, -0.1) is 0 Å². The van der Waals surface area contributed by atoms with Crippen LogP contribution in [0.5, 0.6) is 0 Å². The van der Waals surface area contributed by atoms with Crippen molar-refractivity contribution in [1.82, 2.24) is 9.78 Å². The van der Waals surface area contributed by atoms with Gasteiger partial charge in [0, 0.05) is 18.0 Å². The lowest BCUT2D eigenvalue weighted by Crippen LogP contribution is -2.04. The maximum Gasteiger partial charge on any atom is 0.213 e. The summed E-state index contributed by atoms with van der Waals surface area (Å²) in [7, 11) is 1.80. The first-order valence-electron chi connectivity index (χ1n) is 6.30. The van der Waals surface area contributed by atoms with Crippen molar-refractivity contribution in [2.24, 2.45) is 7.05 Å². The highest BCUT2D eigenvalue weighted by Crippen LogP contribution is 2.21. The number of para-hydroxylation sites is 1. The maximum absolute atomic E-state index is 13.3. The lowest BCUT2D eigenvalue weighted by Gasteiger charge is -2.01. The van der Waals surface area contributed by atoms with Gasteiger partial charge in [0.1, 0.15) is 11.5 Å². The minimum absolute atomic E-state index is 0.190. The summed E-state index contributed by atoms with van der Waals surface area (Å²) < 4.78 is 15.0. The van der Waals surface area contributed by atoms with E-state index in [1.807, 2.05) is 24.3 Å². The molecule has 0 fully saturated rings. The van der Waals surface area contributed by atoms with Crippen LogP contribution in [-0.2, 0) is 7.05 Å². The number of aryl methyl sites for hydroxylation is 2. The average molecular weight is 268 g/mol. The Morgan fingerprint density at radius 1 is 1.20 bits per heavy atom. The van der Waals surface area contributed by atoms with E-state index in [2.05, 4.69) is 5.10 Å². The summed E-state index contributed by atoms with van der Waals surface area (Å²) in [6.07, 6.45) is 0. The van der Waals surface area contributed by atoms with E-state index in [0.717, 1.165) is 10.9 Å². The van der Waals surface area contributed by atoms with Crippen LogP contribution in [0.1, 0.15) is 21.6 Å². The predicted molar refractivity (Wildman–Crippen MR) is 75.3 cm³/mol. The third-order valence-corrected chi connectivity index (χ3v) is 3.39. The van der Waals surface area contributed by atoms with Crippen LogP contribution >= 0.6 is 0 Å². The molecular formula is C16H13FN2O. The van der Waals surface area contributed by atoms with Gasteiger partial charge in [-0.05, 0) is 36.8 Å². The summed E-state index contributed by atoms with van der Waals surface area (Å²) in [6.45, 7) is 1.64. The second kappa shape index (κ2) is 4.56. The highest BCUT2D eigenvalue weighted by atomic mass is 19.1. The van der Waals surface area contributed by atoms with E-state index < -0.39 is 0 Å². The summed E-state index contributed by atoms with van der Waals surface area (Å²) in [5.74, 6) is -0.502. The molecule has 3 nitrogen and oxygen atoms in total. The molecule has 0 radical (unpaired) electrons. The normalized spacial score (nSPS) is 10.9. The molecule has 3 rings (SSSR count). The molecule has 0 N–H and O–H groups in total. The van der Waals surface area contributed by atoms with Crippen molar-refractivity contribution in [1.29, 1.82) is 0 Å². The largest absolute Gasteiger partial charge is 0.287 e. The van der Waals surface area contributed by atoms with Crippen molar-refractivity contribution in [2.75, 3.05) is 0 Å². The van der Waals surface area contributed by atoms with Crippen LogP contribution in [0.3, 0.4) is 0 Å². The fourth-order valence-corrected chi connectivity index (χ4v) is 2.30. The van der Waals surface area contributed by atoms with Crippen molar-refractivity contribution < 1.29 is 9.18 Å². The first-order valence-corrected chi connectivity index (χ1v) is 6.30. The molecule has 0 spiro atoms. The quantitative estimate of drug-likeness (QED) is 0.669. The minimum atomic E-state index is -0.313. The highest BCUT2D eigenvalue weighted by Gasteiger charge is 2.18. The second-order valence-electron chi connectivity index (χ2n) is 4.78. The fraction of sp³-hybridized carbons (Fsp3) is 0.125. The van der Waals surface area contributed by atoms with Crippen molar-refractivity contribution in [3.05, 3.63) is 65.1 Å². The Morgan fingerprint density at radius 3 is 2.70 bits per heavy atom. The topological polar surface area (TPSA) is 34.9 Å². The van der Waals surface area contributed by atoms with E-state index >= 15 is 0 Å². The number of rotatable bonds is 2. The van der Waals surface area contributed by atoms with E-state index in [9.17, 15) is 9.18 Å². The van der Waals surface area contributed by atoms with Crippen molar-refractivity contribution >= 4 is 16.7 Å². The van der Waals surface area contributed by atoms with Gasteiger partial charge < -0.3 is 0 Å². The standard InChI is InChI=1S/C16H13FN2O/c1-10-9-11(7-8-13(10)17)16(20)15-12-5-3-4-6-14(12)19(2)18-15/h3-9H,1-2H3. The first-order chi connectivity index (χ1) is 9.58. The van der Waals surface area contributed by atoms with Crippen LogP contribution in [0, 0.1) is 12.7 Å². The van der Waals surface area contributed by atoms with Crippen LogP contribution in [-0.4, -0.2) is 15.6 Å². The first kappa shape index (κ1) is 12.5. The third kappa shape index (κ3) is 1.90. The summed E-state index contributed by atoms with van der Waals surface area (Å²) in [5, 5.41) is 5.10. The SMILES string of the molecule is Cc1cc(C(=O)c2nn(C)c3ccccc23)ccc1F. The zero-order chi connectivity index (χ0) is 14.3. The van der Waals surface area contributed by atoms with Gasteiger partial charge >= 0.3 is 0 Å². The number of hydrogen-bond acceptors (Lipinski definition) is 2. The van der Waals surface area contributed by atoms with E-state index in [1.54, 1.807) is 24.7 Å². The molecule has 100 valence electrons. The van der Waals surface area contributed by atoms with Gasteiger partial charge in [-0.1, -0.05) is 18.2 Å². The number of hydrogen-bond donors (Lipinski definition) is 0. The Bertz CT molecular complexity index is 820. The highest BCUT2D eigenvalue weighted by molar-refractivity contribution is 6.14. The van der Waals surface area contributed by atoms with Crippen molar-refractivity contribution in [2.45, 2.75) is 6.92 Å². The molecule has 0 aliphatic rings. The van der Waals surface area contributed by atoms with Gasteiger partial charge in [-0.25, -0.2) is 4.39 Å². The molecule has 0 aliphatic carbocycles. The van der Waals surface area contributed by atoms with Crippen LogP contribution in [0.25, 0.3) is 10.9 Å². The van der Waals surface area contributed by atoms with Gasteiger partial charge in [0.25, 0.3) is 0 Å². The molecule has 1 heterocycles. The molecule has 0 saturated heterocycles. The Labute approximate surface area is 115 Å². The van der Waals surface area contributed by atoms with Crippen LogP contribution < -0.4 is 0 Å². The molecule has 0 unspecified atom stereocenters. The zero-order valence-electron chi connectivity index (χ0n) is 11.2. The Morgan fingerprint density at radius 2 is 1.95 bits per heavy atom. The third-order valence-electron chi connectivity index (χ3n) is 3.39. The monoisotopic (exact) mass is 268 g/mol. The Balaban J connectivity index is 2.15. The lowest BCUT2D eigenvalue weighted by molar-refractivity contribution is 0.103. The smallest absolute Gasteiger partial charge is 0.213 e. The lowest BCUT2D eigenvalue weighted by atomic mass is 10.0. The fourth-order valence-electron chi connectivity index (χ4n) is 2.30. The number of carbonyl (C=O) groups is 1. The van der Waals surface area contributed by atoms with Gasteiger partial charge in [0.15, 0.2) is 0 Å². The molecule has 0 amide bonds. The average Bonchev–Trinajstić information content (AvgIpc) is 2.79. The molecule has 0 aliphatic heterocycles. The maximum atomic E-state index is 13.3. The molecule has 0 atom stereocenters. The molecule has 0 bridgehead atoms. The van der Waals surface area contributed by atoms with Gasteiger partial charge in [0.2, 0.25) is 5.78 Å². The Hall–Kier alpha value is -2.49. The van der Waals surface area contributed by atoms with Crippen molar-refractivity contribution in [3.8, 4) is 0 Å². The summed E-state index contributed by atoms with van der Waals surface area (Å²) in [6, 6.07) is 11.9. The number of halogens is 1. The van der Waals surface area contributed by atoms with Gasteiger partial charge in [-0.3, -0.25) is 9.48 Å². The van der Waals surface area contributed by atoms with E-state index in [0.29, 0.717) is 16.8 Å². The van der Waals surface area contributed by atoms with Crippen LogP contribution in [0.2, 0.25) is 0 Å². The number of benzene rings is 2. The summed E-state index contributed by atoms with van der Waals surface area (Å²) >= 11 is 0. The molecular weight excluding hydrogens is 255 g/mol. The molecule has 1 aromatic heterocycles. The summed E-state index contributed by atoms with van der Waals surface area (Å²) in [5.41, 5.74) is 2.20. The van der Waals surface area contributed by atoms with Crippen molar-refractivity contribution in [3.63, 3.8) is 0 Å². The second-order valence-corrected chi connectivity index (χ2v) is 4.78. The van der Waals surface area contributed by atoms with Gasteiger partial charge in [-0.2, -0.15) is 5.10 Å². The number of ketones is 1. The minimum Gasteiger partial charge on any atom is -0.287 e. The predicted octanol–water partition coefficient (Wildman–Crippen LogP) is 3.25. The van der Waals surface area contributed by atoms with Gasteiger partial charge in [0.05, 0.1) is 5.52 Å². The number of nitrogens with zero attached hydrogens (tertiary/aromatic N) is 2. The van der Waals surface area contributed by atoms with Crippen LogP contribution in [0.4, 0.5) is 4.39 Å².